The standard InChI is InChI=1S/C21H28F2/c1-3-5-14-6-7-16-11-17(9-8-15(16)10-14)18-12-20(22)19(4-2)21(23)13-18/h3,5,12-17H,4,6-11H2,1-2H3/t14-,15-,16-,17?/m1/s1. The van der Waals surface area contributed by atoms with Crippen molar-refractivity contribution in [3.63, 3.8) is 0 Å². The van der Waals surface area contributed by atoms with Gasteiger partial charge in [-0.15, -0.1) is 0 Å². The lowest BCUT2D eigenvalue weighted by atomic mass is 9.64. The predicted molar refractivity (Wildman–Crippen MR) is 91.5 cm³/mol. The Hall–Kier alpha value is -1.18. The maximum absolute atomic E-state index is 14.1. The van der Waals surface area contributed by atoms with Gasteiger partial charge in [0.25, 0.3) is 0 Å². The van der Waals surface area contributed by atoms with Crippen LogP contribution in [-0.2, 0) is 6.42 Å². The van der Waals surface area contributed by atoms with Crippen molar-refractivity contribution >= 4 is 0 Å². The second-order valence-corrected chi connectivity index (χ2v) is 7.45. The summed E-state index contributed by atoms with van der Waals surface area (Å²) in [7, 11) is 0. The van der Waals surface area contributed by atoms with Crippen LogP contribution in [0.5, 0.6) is 0 Å². The Morgan fingerprint density at radius 1 is 1.00 bits per heavy atom. The minimum atomic E-state index is -0.360. The summed E-state index contributed by atoms with van der Waals surface area (Å²) in [6, 6.07) is 3.19. The average Bonchev–Trinajstić information content (AvgIpc) is 2.54. The topological polar surface area (TPSA) is 0 Å². The molecule has 0 bridgehead atoms. The zero-order chi connectivity index (χ0) is 16.4. The Labute approximate surface area is 139 Å². The Morgan fingerprint density at radius 2 is 1.65 bits per heavy atom. The van der Waals surface area contributed by atoms with Crippen LogP contribution >= 0.6 is 0 Å². The third-order valence-electron chi connectivity index (χ3n) is 6.11. The Kier molecular flexibility index (Phi) is 5.18. The first-order valence-corrected chi connectivity index (χ1v) is 9.23. The molecular formula is C21H28F2. The molecule has 126 valence electrons. The third kappa shape index (κ3) is 3.51. The molecule has 0 amide bonds. The molecule has 1 aromatic carbocycles. The van der Waals surface area contributed by atoms with Gasteiger partial charge in [-0.3, -0.25) is 0 Å². The summed E-state index contributed by atoms with van der Waals surface area (Å²) in [5.41, 5.74) is 1.11. The van der Waals surface area contributed by atoms with E-state index < -0.39 is 0 Å². The molecule has 0 heterocycles. The fourth-order valence-corrected chi connectivity index (χ4v) is 4.87. The Morgan fingerprint density at radius 3 is 2.30 bits per heavy atom. The fourth-order valence-electron chi connectivity index (χ4n) is 4.87. The Bertz CT molecular complexity index is 552. The SMILES string of the molecule is CC=C[C@@H]1CC[C@@H]2CC(c3cc(F)c(CC)c(F)c3)CC[C@@H]2C1. The van der Waals surface area contributed by atoms with E-state index in [9.17, 15) is 8.78 Å². The first-order valence-electron chi connectivity index (χ1n) is 9.23. The van der Waals surface area contributed by atoms with E-state index in [-0.39, 0.29) is 17.2 Å². The van der Waals surface area contributed by atoms with E-state index >= 15 is 0 Å². The molecule has 2 saturated carbocycles. The first-order chi connectivity index (χ1) is 11.1. The lowest BCUT2D eigenvalue weighted by Gasteiger charge is -2.42. The average molecular weight is 318 g/mol. The van der Waals surface area contributed by atoms with Gasteiger partial charge < -0.3 is 0 Å². The molecular weight excluding hydrogens is 290 g/mol. The van der Waals surface area contributed by atoms with Crippen molar-refractivity contribution in [1.29, 1.82) is 0 Å². The zero-order valence-electron chi connectivity index (χ0n) is 14.3. The molecule has 4 atom stereocenters. The van der Waals surface area contributed by atoms with E-state index in [1.165, 1.54) is 25.7 Å². The van der Waals surface area contributed by atoms with Crippen LogP contribution in [0.4, 0.5) is 8.78 Å². The molecule has 2 heteroatoms. The monoisotopic (exact) mass is 318 g/mol. The van der Waals surface area contributed by atoms with Crippen LogP contribution in [-0.4, -0.2) is 0 Å². The van der Waals surface area contributed by atoms with E-state index in [0.29, 0.717) is 12.3 Å². The van der Waals surface area contributed by atoms with Crippen molar-refractivity contribution < 1.29 is 8.78 Å². The summed E-state index contributed by atoms with van der Waals surface area (Å²) < 4.78 is 28.2. The number of rotatable bonds is 3. The molecule has 3 rings (SSSR count). The van der Waals surface area contributed by atoms with Gasteiger partial charge in [0.15, 0.2) is 0 Å². The van der Waals surface area contributed by atoms with E-state index in [4.69, 9.17) is 0 Å². The minimum absolute atomic E-state index is 0.231. The van der Waals surface area contributed by atoms with E-state index in [1.54, 1.807) is 19.1 Å². The van der Waals surface area contributed by atoms with Crippen LogP contribution in [0, 0.1) is 29.4 Å². The molecule has 2 fully saturated rings. The smallest absolute Gasteiger partial charge is 0.129 e. The molecule has 0 aliphatic heterocycles. The van der Waals surface area contributed by atoms with Crippen molar-refractivity contribution in [1.82, 2.24) is 0 Å². The van der Waals surface area contributed by atoms with Gasteiger partial charge in [0.1, 0.15) is 11.6 Å². The molecule has 2 aliphatic carbocycles. The molecule has 2 aliphatic rings. The highest BCUT2D eigenvalue weighted by Gasteiger charge is 2.35. The molecule has 0 nitrogen and oxygen atoms in total. The van der Waals surface area contributed by atoms with Crippen LogP contribution < -0.4 is 0 Å². The van der Waals surface area contributed by atoms with Gasteiger partial charge in [0.05, 0.1) is 0 Å². The van der Waals surface area contributed by atoms with Crippen molar-refractivity contribution in [2.24, 2.45) is 17.8 Å². The lowest BCUT2D eigenvalue weighted by molar-refractivity contribution is 0.133. The van der Waals surface area contributed by atoms with E-state index in [0.717, 1.165) is 36.2 Å². The van der Waals surface area contributed by atoms with Crippen molar-refractivity contribution in [2.75, 3.05) is 0 Å². The highest BCUT2D eigenvalue weighted by molar-refractivity contribution is 5.29. The number of allylic oxidation sites excluding steroid dienone is 2. The molecule has 1 aromatic rings. The van der Waals surface area contributed by atoms with Gasteiger partial charge in [-0.1, -0.05) is 19.1 Å². The van der Waals surface area contributed by atoms with Crippen LogP contribution in [0.1, 0.15) is 69.4 Å². The van der Waals surface area contributed by atoms with E-state index in [1.807, 2.05) is 0 Å². The van der Waals surface area contributed by atoms with Gasteiger partial charge >= 0.3 is 0 Å². The van der Waals surface area contributed by atoms with Gasteiger partial charge in [-0.05, 0) is 93.2 Å². The van der Waals surface area contributed by atoms with Crippen LogP contribution in [0.3, 0.4) is 0 Å². The summed E-state index contributed by atoms with van der Waals surface area (Å²) in [5.74, 6) is 1.92. The van der Waals surface area contributed by atoms with Crippen molar-refractivity contribution in [3.05, 3.63) is 47.0 Å². The van der Waals surface area contributed by atoms with Crippen molar-refractivity contribution in [3.8, 4) is 0 Å². The normalized spacial score (nSPS) is 31.3. The summed E-state index contributed by atoms with van der Waals surface area (Å²) >= 11 is 0. The van der Waals surface area contributed by atoms with Gasteiger partial charge in [0, 0.05) is 5.56 Å². The molecule has 23 heavy (non-hydrogen) atoms. The minimum Gasteiger partial charge on any atom is -0.207 e. The number of halogens is 2. The second kappa shape index (κ2) is 7.15. The largest absolute Gasteiger partial charge is 0.207 e. The number of fused-ring (bicyclic) bond motifs is 1. The summed E-state index contributed by atoms with van der Waals surface area (Å²) in [4.78, 5) is 0. The maximum atomic E-state index is 14.1. The van der Waals surface area contributed by atoms with Crippen LogP contribution in [0.2, 0.25) is 0 Å². The number of hydrogen-bond acceptors (Lipinski definition) is 0. The molecule has 0 spiro atoms. The first kappa shape index (κ1) is 16.7. The third-order valence-corrected chi connectivity index (χ3v) is 6.11. The molecule has 0 aromatic heterocycles. The molecule has 0 radical (unpaired) electrons. The predicted octanol–water partition coefficient (Wildman–Crippen LogP) is 6.40. The van der Waals surface area contributed by atoms with E-state index in [2.05, 4.69) is 19.1 Å². The van der Waals surface area contributed by atoms with Gasteiger partial charge in [0.2, 0.25) is 0 Å². The molecule has 0 saturated heterocycles. The summed E-state index contributed by atoms with van der Waals surface area (Å²) in [5, 5.41) is 0. The molecule has 1 unspecified atom stereocenters. The maximum Gasteiger partial charge on any atom is 0.129 e. The zero-order valence-corrected chi connectivity index (χ0v) is 14.3. The number of benzene rings is 1. The fraction of sp³-hybridized carbons (Fsp3) is 0.619. The van der Waals surface area contributed by atoms with Crippen molar-refractivity contribution in [2.45, 2.75) is 64.7 Å². The van der Waals surface area contributed by atoms with Gasteiger partial charge in [-0.25, -0.2) is 8.78 Å². The number of hydrogen-bond donors (Lipinski definition) is 0. The lowest BCUT2D eigenvalue weighted by Crippen LogP contribution is -2.30. The second-order valence-electron chi connectivity index (χ2n) is 7.45. The van der Waals surface area contributed by atoms with Crippen LogP contribution in [0.25, 0.3) is 0 Å². The highest BCUT2D eigenvalue weighted by atomic mass is 19.1. The summed E-state index contributed by atoms with van der Waals surface area (Å²) in [6.07, 6.45) is 12.2. The Balaban J connectivity index is 1.71. The van der Waals surface area contributed by atoms with Gasteiger partial charge in [-0.2, -0.15) is 0 Å². The van der Waals surface area contributed by atoms with Crippen LogP contribution in [0.15, 0.2) is 24.3 Å². The highest BCUT2D eigenvalue weighted by Crippen LogP contribution is 2.48. The summed E-state index contributed by atoms with van der Waals surface area (Å²) in [6.45, 7) is 3.90. The molecule has 0 N–H and O–H groups in total. The quantitative estimate of drug-likeness (QED) is 0.565.